The van der Waals surface area contributed by atoms with Crippen LogP contribution in [0.25, 0.3) is 0 Å². The number of carbonyl (C=O) groups excluding carboxylic acids is 1. The number of ether oxygens (including phenoxy) is 1. The smallest absolute Gasteiger partial charge is 0.334 e. The molecule has 3 nitrogen and oxygen atoms in total. The van der Waals surface area contributed by atoms with Gasteiger partial charge in [0, 0.05) is 12.1 Å². The van der Waals surface area contributed by atoms with Crippen LogP contribution in [0.3, 0.4) is 0 Å². The fraction of sp³-hybridized carbons (Fsp3) is 0.769. The Morgan fingerprint density at radius 3 is 2.44 bits per heavy atom. The highest BCUT2D eigenvalue weighted by molar-refractivity contribution is 5.88. The Labute approximate surface area is 98.5 Å². The Balaban J connectivity index is 2.34. The van der Waals surface area contributed by atoms with Crippen molar-refractivity contribution in [2.75, 3.05) is 26.2 Å². The summed E-state index contributed by atoms with van der Waals surface area (Å²) in [5, 5.41) is 0. The van der Waals surface area contributed by atoms with E-state index in [1.165, 1.54) is 12.8 Å². The molecule has 0 N–H and O–H groups in total. The number of nitrogens with zero attached hydrogens (tertiary/aromatic N) is 1. The summed E-state index contributed by atoms with van der Waals surface area (Å²) in [6, 6.07) is 0. The van der Waals surface area contributed by atoms with Crippen LogP contribution in [0.1, 0.15) is 33.6 Å². The van der Waals surface area contributed by atoms with E-state index in [9.17, 15) is 4.79 Å². The molecule has 1 saturated heterocycles. The first kappa shape index (κ1) is 13.2. The highest BCUT2D eigenvalue weighted by Crippen LogP contribution is 2.29. The van der Waals surface area contributed by atoms with Crippen molar-refractivity contribution in [1.82, 2.24) is 4.90 Å². The lowest BCUT2D eigenvalue weighted by molar-refractivity contribution is -0.138. The number of hydrogen-bond acceptors (Lipinski definition) is 3. The molecule has 0 aliphatic carbocycles. The predicted molar refractivity (Wildman–Crippen MR) is 65.2 cm³/mol. The zero-order valence-corrected chi connectivity index (χ0v) is 10.7. The van der Waals surface area contributed by atoms with Crippen molar-refractivity contribution >= 4 is 5.97 Å². The lowest BCUT2D eigenvalue weighted by atomic mass is 9.82. The third kappa shape index (κ3) is 3.97. The molecule has 0 saturated carbocycles. The van der Waals surface area contributed by atoms with Crippen LogP contribution in [0.2, 0.25) is 0 Å². The van der Waals surface area contributed by atoms with Gasteiger partial charge in [-0.25, -0.2) is 4.79 Å². The molecule has 1 fully saturated rings. The van der Waals surface area contributed by atoms with E-state index in [1.54, 1.807) is 0 Å². The van der Waals surface area contributed by atoms with Crippen LogP contribution >= 0.6 is 0 Å². The van der Waals surface area contributed by atoms with Crippen molar-refractivity contribution in [3.8, 4) is 0 Å². The summed E-state index contributed by atoms with van der Waals surface area (Å²) in [6.07, 6.45) is 2.37. The van der Waals surface area contributed by atoms with Gasteiger partial charge in [-0.1, -0.05) is 20.4 Å². The molecule has 0 aromatic heterocycles. The lowest BCUT2D eigenvalue weighted by Gasteiger charge is -2.36. The molecular formula is C13H23NO2. The first-order valence-corrected chi connectivity index (χ1v) is 6.02. The number of rotatable bonds is 4. The minimum Gasteiger partial charge on any atom is -0.463 e. The van der Waals surface area contributed by atoms with Crippen LogP contribution in [-0.2, 0) is 9.53 Å². The molecule has 0 unspecified atom stereocenters. The van der Waals surface area contributed by atoms with Gasteiger partial charge in [0.05, 0.1) is 6.61 Å². The molecule has 1 rings (SSSR count). The van der Waals surface area contributed by atoms with E-state index < -0.39 is 0 Å². The Morgan fingerprint density at radius 1 is 1.38 bits per heavy atom. The number of carbonyl (C=O) groups is 1. The van der Waals surface area contributed by atoms with Gasteiger partial charge in [0.15, 0.2) is 0 Å². The molecular weight excluding hydrogens is 202 g/mol. The van der Waals surface area contributed by atoms with Gasteiger partial charge in [0.25, 0.3) is 0 Å². The van der Waals surface area contributed by atoms with Crippen LogP contribution in [0.4, 0.5) is 0 Å². The predicted octanol–water partition coefficient (Wildman–Crippen LogP) is 2.23. The van der Waals surface area contributed by atoms with Gasteiger partial charge in [0.2, 0.25) is 0 Å². The Bertz CT molecular complexity index is 261. The van der Waals surface area contributed by atoms with E-state index in [4.69, 9.17) is 4.74 Å². The third-order valence-electron chi connectivity index (χ3n) is 3.19. The molecule has 0 bridgehead atoms. The lowest BCUT2D eigenvalue weighted by Crippen LogP contribution is -2.39. The maximum atomic E-state index is 11.4. The molecule has 0 radical (unpaired) electrons. The van der Waals surface area contributed by atoms with Gasteiger partial charge in [-0.2, -0.15) is 0 Å². The molecule has 16 heavy (non-hydrogen) atoms. The minimum absolute atomic E-state index is 0.257. The number of esters is 1. The topological polar surface area (TPSA) is 29.5 Å². The highest BCUT2D eigenvalue weighted by atomic mass is 16.5. The van der Waals surface area contributed by atoms with E-state index in [0.717, 1.165) is 13.1 Å². The minimum atomic E-state index is -0.257. The highest BCUT2D eigenvalue weighted by Gasteiger charge is 2.26. The molecule has 0 amide bonds. The molecule has 3 heteroatoms. The monoisotopic (exact) mass is 225 g/mol. The zero-order chi connectivity index (χ0) is 12.2. The fourth-order valence-corrected chi connectivity index (χ4v) is 1.88. The van der Waals surface area contributed by atoms with Gasteiger partial charge in [-0.3, -0.25) is 4.90 Å². The quantitative estimate of drug-likeness (QED) is 0.543. The van der Waals surface area contributed by atoms with Gasteiger partial charge in [0.1, 0.15) is 0 Å². The van der Waals surface area contributed by atoms with E-state index in [1.807, 2.05) is 6.92 Å². The average molecular weight is 225 g/mol. The van der Waals surface area contributed by atoms with Gasteiger partial charge in [-0.15, -0.1) is 0 Å². The van der Waals surface area contributed by atoms with Gasteiger partial charge < -0.3 is 4.74 Å². The second kappa shape index (κ2) is 5.48. The third-order valence-corrected chi connectivity index (χ3v) is 3.19. The van der Waals surface area contributed by atoms with Crippen molar-refractivity contribution in [1.29, 1.82) is 0 Å². The molecule has 0 atom stereocenters. The van der Waals surface area contributed by atoms with Crippen LogP contribution in [0.5, 0.6) is 0 Å². The Hall–Kier alpha value is -0.830. The van der Waals surface area contributed by atoms with Gasteiger partial charge >= 0.3 is 5.97 Å². The first-order chi connectivity index (χ1) is 7.44. The summed E-state index contributed by atoms with van der Waals surface area (Å²) in [5.41, 5.74) is 1.02. The number of piperidine rings is 1. The summed E-state index contributed by atoms with van der Waals surface area (Å²) < 4.78 is 4.92. The SMILES string of the molecule is C=C(CN1CCC(C)(C)CC1)C(=O)OCC. The van der Waals surface area contributed by atoms with Crippen LogP contribution in [-0.4, -0.2) is 37.1 Å². The average Bonchev–Trinajstić information content (AvgIpc) is 2.21. The molecule has 0 spiro atoms. The molecule has 1 aliphatic heterocycles. The van der Waals surface area contributed by atoms with Crippen molar-refractivity contribution in [2.45, 2.75) is 33.6 Å². The zero-order valence-electron chi connectivity index (χ0n) is 10.7. The molecule has 1 aliphatic rings. The van der Waals surface area contributed by atoms with E-state index in [-0.39, 0.29) is 5.97 Å². The Morgan fingerprint density at radius 2 is 1.94 bits per heavy atom. The summed E-state index contributed by atoms with van der Waals surface area (Å²) in [4.78, 5) is 13.7. The summed E-state index contributed by atoms with van der Waals surface area (Å²) >= 11 is 0. The second-order valence-corrected chi connectivity index (χ2v) is 5.26. The van der Waals surface area contributed by atoms with Crippen LogP contribution in [0.15, 0.2) is 12.2 Å². The van der Waals surface area contributed by atoms with E-state index >= 15 is 0 Å². The largest absolute Gasteiger partial charge is 0.463 e. The van der Waals surface area contributed by atoms with Crippen LogP contribution < -0.4 is 0 Å². The molecule has 0 aromatic rings. The van der Waals surface area contributed by atoms with E-state index in [2.05, 4.69) is 25.3 Å². The van der Waals surface area contributed by atoms with E-state index in [0.29, 0.717) is 24.1 Å². The van der Waals surface area contributed by atoms with Crippen molar-refractivity contribution in [3.63, 3.8) is 0 Å². The Kier molecular flexibility index (Phi) is 4.54. The van der Waals surface area contributed by atoms with Gasteiger partial charge in [-0.05, 0) is 38.3 Å². The fourth-order valence-electron chi connectivity index (χ4n) is 1.88. The maximum Gasteiger partial charge on any atom is 0.334 e. The number of hydrogen-bond donors (Lipinski definition) is 0. The molecule has 0 aromatic carbocycles. The standard InChI is InChI=1S/C13H23NO2/c1-5-16-12(15)11(2)10-14-8-6-13(3,4)7-9-14/h2,5-10H2,1,3-4H3. The summed E-state index contributed by atoms with van der Waals surface area (Å²) in [7, 11) is 0. The van der Waals surface area contributed by atoms with Crippen LogP contribution in [0, 0.1) is 5.41 Å². The molecule has 1 heterocycles. The van der Waals surface area contributed by atoms with Crippen molar-refractivity contribution in [3.05, 3.63) is 12.2 Å². The first-order valence-electron chi connectivity index (χ1n) is 6.02. The molecule has 92 valence electrons. The van der Waals surface area contributed by atoms with Crippen molar-refractivity contribution < 1.29 is 9.53 Å². The van der Waals surface area contributed by atoms with Crippen molar-refractivity contribution in [2.24, 2.45) is 5.41 Å². The second-order valence-electron chi connectivity index (χ2n) is 5.26. The number of likely N-dealkylation sites (tertiary alicyclic amines) is 1. The summed E-state index contributed by atoms with van der Waals surface area (Å²) in [6.45, 7) is 13.4. The summed E-state index contributed by atoms with van der Waals surface area (Å²) in [5.74, 6) is -0.257. The maximum absolute atomic E-state index is 11.4. The normalized spacial score (nSPS) is 20.4.